The first kappa shape index (κ1) is 20.3. The Kier molecular flexibility index (Phi) is 7.55. The van der Waals surface area contributed by atoms with Crippen molar-refractivity contribution in [3.8, 4) is 5.75 Å². The van der Waals surface area contributed by atoms with Crippen LogP contribution >= 0.6 is 0 Å². The third-order valence-corrected chi connectivity index (χ3v) is 4.15. The fourth-order valence-corrected chi connectivity index (χ4v) is 2.03. The third-order valence-electron chi connectivity index (χ3n) is 4.15. The van der Waals surface area contributed by atoms with Crippen molar-refractivity contribution in [2.45, 2.75) is 52.8 Å². The molecule has 0 unspecified atom stereocenters. The highest BCUT2D eigenvalue weighted by atomic mass is 16.5. The van der Waals surface area contributed by atoms with Crippen LogP contribution in [0.15, 0.2) is 23.2 Å². The Labute approximate surface area is 147 Å². The van der Waals surface area contributed by atoms with Crippen molar-refractivity contribution in [3.63, 3.8) is 0 Å². The van der Waals surface area contributed by atoms with Gasteiger partial charge in [-0.3, -0.25) is 4.99 Å². The van der Waals surface area contributed by atoms with Crippen LogP contribution in [0.2, 0.25) is 0 Å². The molecular formula is C19H34N4O. The number of ether oxygens (including phenoxy) is 1. The smallest absolute Gasteiger partial charge is 0.191 e. The molecule has 0 aliphatic carbocycles. The molecule has 0 spiro atoms. The van der Waals surface area contributed by atoms with Gasteiger partial charge in [0.15, 0.2) is 5.96 Å². The second kappa shape index (κ2) is 8.92. The normalized spacial score (nSPS) is 12.7. The lowest BCUT2D eigenvalue weighted by molar-refractivity contribution is 0.197. The van der Waals surface area contributed by atoms with E-state index in [1.54, 1.807) is 7.05 Å². The number of hydrogen-bond donors (Lipinski definition) is 2. The van der Waals surface area contributed by atoms with Crippen molar-refractivity contribution in [3.05, 3.63) is 29.3 Å². The predicted molar refractivity (Wildman–Crippen MR) is 103 cm³/mol. The van der Waals surface area contributed by atoms with Crippen LogP contribution in [-0.2, 0) is 6.54 Å². The molecule has 0 aliphatic rings. The van der Waals surface area contributed by atoms with Gasteiger partial charge in [0.2, 0.25) is 0 Å². The highest BCUT2D eigenvalue weighted by molar-refractivity contribution is 5.79. The minimum Gasteiger partial charge on any atom is -0.491 e. The summed E-state index contributed by atoms with van der Waals surface area (Å²) in [6.07, 6.45) is 0.156. The van der Waals surface area contributed by atoms with E-state index in [9.17, 15) is 0 Å². The fourth-order valence-electron chi connectivity index (χ4n) is 2.03. The minimum absolute atomic E-state index is 0.0490. The van der Waals surface area contributed by atoms with Gasteiger partial charge in [0.05, 0.1) is 6.10 Å². The Balaban J connectivity index is 2.70. The number of aryl methyl sites for hydroxylation is 1. The number of aliphatic imine (C=N–C) groups is 1. The van der Waals surface area contributed by atoms with Crippen molar-refractivity contribution in [1.29, 1.82) is 0 Å². The van der Waals surface area contributed by atoms with E-state index >= 15 is 0 Å². The van der Waals surface area contributed by atoms with Crippen LogP contribution in [0.25, 0.3) is 0 Å². The van der Waals surface area contributed by atoms with Crippen LogP contribution in [0.4, 0.5) is 0 Å². The zero-order valence-corrected chi connectivity index (χ0v) is 16.5. The van der Waals surface area contributed by atoms with E-state index in [-0.39, 0.29) is 11.6 Å². The van der Waals surface area contributed by atoms with Gasteiger partial charge < -0.3 is 20.3 Å². The molecule has 1 aromatic carbocycles. The molecule has 5 heteroatoms. The SMILES string of the molecule is CN=C(NCc1ccc(C)cc1OC(C)C)NCC(C)(C)N(C)C. The van der Waals surface area contributed by atoms with Gasteiger partial charge in [0, 0.05) is 31.2 Å². The summed E-state index contributed by atoms with van der Waals surface area (Å²) in [4.78, 5) is 6.51. The van der Waals surface area contributed by atoms with E-state index in [4.69, 9.17) is 4.74 Å². The first-order chi connectivity index (χ1) is 11.2. The van der Waals surface area contributed by atoms with Gasteiger partial charge in [0.25, 0.3) is 0 Å². The maximum atomic E-state index is 5.93. The summed E-state index contributed by atoms with van der Waals surface area (Å²) in [5, 5.41) is 6.76. The number of nitrogens with one attached hydrogen (secondary N) is 2. The van der Waals surface area contributed by atoms with Crippen LogP contribution in [0.5, 0.6) is 5.75 Å². The summed E-state index contributed by atoms with van der Waals surface area (Å²) in [7, 11) is 5.96. The van der Waals surface area contributed by atoms with Gasteiger partial charge in [-0.1, -0.05) is 12.1 Å². The van der Waals surface area contributed by atoms with E-state index < -0.39 is 0 Å². The molecule has 0 fully saturated rings. The van der Waals surface area contributed by atoms with E-state index in [0.717, 1.165) is 23.8 Å². The number of rotatable bonds is 7. The summed E-state index contributed by atoms with van der Waals surface area (Å²) in [6.45, 7) is 12.0. The van der Waals surface area contributed by atoms with Crippen molar-refractivity contribution in [2.75, 3.05) is 27.7 Å². The molecule has 0 radical (unpaired) electrons. The van der Waals surface area contributed by atoms with Gasteiger partial charge in [-0.2, -0.15) is 0 Å². The third kappa shape index (κ3) is 6.40. The van der Waals surface area contributed by atoms with Crippen molar-refractivity contribution in [2.24, 2.45) is 4.99 Å². The van der Waals surface area contributed by atoms with Crippen molar-refractivity contribution in [1.82, 2.24) is 15.5 Å². The Morgan fingerprint density at radius 1 is 1.25 bits per heavy atom. The molecule has 0 aromatic heterocycles. The molecule has 1 aromatic rings. The average Bonchev–Trinajstić information content (AvgIpc) is 2.48. The van der Waals surface area contributed by atoms with E-state index in [2.05, 4.69) is 73.6 Å². The Morgan fingerprint density at radius 3 is 2.46 bits per heavy atom. The molecule has 24 heavy (non-hydrogen) atoms. The number of likely N-dealkylation sites (N-methyl/N-ethyl adjacent to an activating group) is 1. The van der Waals surface area contributed by atoms with Crippen LogP contribution in [0.3, 0.4) is 0 Å². The highest BCUT2D eigenvalue weighted by Crippen LogP contribution is 2.21. The first-order valence-electron chi connectivity index (χ1n) is 8.54. The molecule has 5 nitrogen and oxygen atoms in total. The molecule has 0 amide bonds. The zero-order valence-electron chi connectivity index (χ0n) is 16.5. The van der Waals surface area contributed by atoms with Crippen molar-refractivity contribution < 1.29 is 4.74 Å². The largest absolute Gasteiger partial charge is 0.491 e. The van der Waals surface area contributed by atoms with Gasteiger partial charge in [0.1, 0.15) is 5.75 Å². The van der Waals surface area contributed by atoms with Gasteiger partial charge in [-0.05, 0) is 60.3 Å². The molecule has 0 bridgehead atoms. The number of hydrogen-bond acceptors (Lipinski definition) is 3. The van der Waals surface area contributed by atoms with Gasteiger partial charge >= 0.3 is 0 Å². The lowest BCUT2D eigenvalue weighted by Crippen LogP contribution is -2.50. The first-order valence-corrected chi connectivity index (χ1v) is 8.54. The molecule has 0 saturated heterocycles. The molecule has 0 heterocycles. The lowest BCUT2D eigenvalue weighted by atomic mass is 10.0. The Bertz CT molecular complexity index is 550. The molecule has 0 aliphatic heterocycles. The summed E-state index contributed by atoms with van der Waals surface area (Å²) in [6, 6.07) is 6.30. The molecule has 0 atom stereocenters. The summed E-state index contributed by atoms with van der Waals surface area (Å²) in [5.41, 5.74) is 2.38. The summed E-state index contributed by atoms with van der Waals surface area (Å²) < 4.78 is 5.93. The number of nitrogens with zero attached hydrogens (tertiary/aromatic N) is 2. The van der Waals surface area contributed by atoms with Crippen LogP contribution in [0, 0.1) is 6.92 Å². The topological polar surface area (TPSA) is 48.9 Å². The van der Waals surface area contributed by atoms with E-state index in [1.807, 2.05) is 13.8 Å². The second-order valence-corrected chi connectivity index (χ2v) is 7.26. The Hall–Kier alpha value is -1.75. The molecule has 0 saturated carbocycles. The maximum absolute atomic E-state index is 5.93. The van der Waals surface area contributed by atoms with Gasteiger partial charge in [-0.15, -0.1) is 0 Å². The van der Waals surface area contributed by atoms with E-state index in [0.29, 0.717) is 6.54 Å². The molecule has 136 valence electrons. The van der Waals surface area contributed by atoms with Gasteiger partial charge in [-0.25, -0.2) is 0 Å². The quantitative estimate of drug-likeness (QED) is 0.595. The number of benzene rings is 1. The molecule has 1 rings (SSSR count). The molecular weight excluding hydrogens is 300 g/mol. The molecule has 2 N–H and O–H groups in total. The standard InChI is InChI=1S/C19H34N4O/c1-14(2)24-17-11-15(3)9-10-16(17)12-21-18(20-6)22-13-19(4,5)23(7)8/h9-11,14H,12-13H2,1-8H3,(H2,20,21,22). The van der Waals surface area contributed by atoms with E-state index in [1.165, 1.54) is 5.56 Å². The average molecular weight is 335 g/mol. The lowest BCUT2D eigenvalue weighted by Gasteiger charge is -2.33. The second-order valence-electron chi connectivity index (χ2n) is 7.26. The number of guanidine groups is 1. The predicted octanol–water partition coefficient (Wildman–Crippen LogP) is 2.79. The summed E-state index contributed by atoms with van der Waals surface area (Å²) in [5.74, 6) is 1.72. The summed E-state index contributed by atoms with van der Waals surface area (Å²) >= 11 is 0. The van der Waals surface area contributed by atoms with Crippen LogP contribution in [0.1, 0.15) is 38.8 Å². The van der Waals surface area contributed by atoms with Crippen molar-refractivity contribution >= 4 is 5.96 Å². The maximum Gasteiger partial charge on any atom is 0.191 e. The monoisotopic (exact) mass is 334 g/mol. The Morgan fingerprint density at radius 2 is 1.92 bits per heavy atom. The van der Waals surface area contributed by atoms with Crippen LogP contribution < -0.4 is 15.4 Å². The fraction of sp³-hybridized carbons (Fsp3) is 0.632. The minimum atomic E-state index is 0.0490. The zero-order chi connectivity index (χ0) is 18.3. The van der Waals surface area contributed by atoms with Crippen LogP contribution in [-0.4, -0.2) is 50.2 Å². The highest BCUT2D eigenvalue weighted by Gasteiger charge is 2.20.